The lowest BCUT2D eigenvalue weighted by molar-refractivity contribution is 0.0862. The van der Waals surface area contributed by atoms with Crippen molar-refractivity contribution in [3.63, 3.8) is 0 Å². The van der Waals surface area contributed by atoms with Gasteiger partial charge in [-0.05, 0) is 40.8 Å². The molecule has 2 heterocycles. The number of halogens is 1. The van der Waals surface area contributed by atoms with Crippen LogP contribution >= 0.6 is 22.6 Å². The summed E-state index contributed by atoms with van der Waals surface area (Å²) in [6.45, 7) is -0.122. The maximum Gasteiger partial charge on any atom is 0.269 e. The Kier molecular flexibility index (Phi) is 3.05. The number of hydrogen-bond acceptors (Lipinski definition) is 5. The second-order valence-corrected chi connectivity index (χ2v) is 7.33. The minimum Gasteiger partial charge on any atom is -0.268 e. The van der Waals surface area contributed by atoms with Crippen molar-refractivity contribution in [3.05, 3.63) is 39.5 Å². The predicted octanol–water partition coefficient (Wildman–Crippen LogP) is 0.764. The van der Waals surface area contributed by atoms with Gasteiger partial charge in [0.05, 0.1) is 12.1 Å². The Bertz CT molecular complexity index is 815. The fraction of sp³-hybridized carbons (Fsp3) is 0.182. The highest BCUT2D eigenvalue weighted by molar-refractivity contribution is 14.1. The van der Waals surface area contributed by atoms with E-state index in [1.165, 1.54) is 23.1 Å². The van der Waals surface area contributed by atoms with Gasteiger partial charge in [-0.3, -0.25) is 9.48 Å². The second-order valence-electron chi connectivity index (χ2n) is 4.26. The van der Waals surface area contributed by atoms with Crippen molar-refractivity contribution in [2.24, 2.45) is 7.05 Å². The molecule has 9 heteroatoms. The quantitative estimate of drug-likeness (QED) is 0.691. The lowest BCUT2D eigenvalue weighted by Gasteiger charge is -2.13. The molecule has 0 saturated heterocycles. The Labute approximate surface area is 128 Å². The summed E-state index contributed by atoms with van der Waals surface area (Å²) in [6, 6.07) is 4.74. The van der Waals surface area contributed by atoms with Crippen LogP contribution < -0.4 is 0 Å². The van der Waals surface area contributed by atoms with Crippen molar-refractivity contribution in [1.82, 2.24) is 19.1 Å². The molecule has 20 heavy (non-hydrogen) atoms. The van der Waals surface area contributed by atoms with Crippen LogP contribution in [0.2, 0.25) is 0 Å². The Morgan fingerprint density at radius 2 is 2.10 bits per heavy atom. The standard InChI is InChI=1S/C11H9IN4O3S/c1-15-10(13-6-14-15)5-16-11(17)8-3-2-7(12)4-9(8)20(16,18)19/h2-4,6H,5H2,1H3. The van der Waals surface area contributed by atoms with Gasteiger partial charge < -0.3 is 0 Å². The van der Waals surface area contributed by atoms with E-state index in [1.54, 1.807) is 13.1 Å². The molecule has 2 aromatic rings. The van der Waals surface area contributed by atoms with Gasteiger partial charge in [0.25, 0.3) is 15.9 Å². The van der Waals surface area contributed by atoms with E-state index in [-0.39, 0.29) is 17.0 Å². The molecule has 0 radical (unpaired) electrons. The maximum absolute atomic E-state index is 12.4. The van der Waals surface area contributed by atoms with Gasteiger partial charge in [-0.25, -0.2) is 17.7 Å². The summed E-state index contributed by atoms with van der Waals surface area (Å²) in [6.07, 6.45) is 1.32. The number of aryl methyl sites for hydroxylation is 1. The third-order valence-electron chi connectivity index (χ3n) is 3.06. The topological polar surface area (TPSA) is 85.2 Å². The van der Waals surface area contributed by atoms with Crippen LogP contribution in [0.4, 0.5) is 0 Å². The summed E-state index contributed by atoms with van der Waals surface area (Å²) < 4.78 is 27.9. The van der Waals surface area contributed by atoms with E-state index in [9.17, 15) is 13.2 Å². The molecule has 0 unspecified atom stereocenters. The molecule has 0 spiro atoms. The van der Waals surface area contributed by atoms with Gasteiger partial charge in [-0.15, -0.1) is 0 Å². The van der Waals surface area contributed by atoms with E-state index in [2.05, 4.69) is 10.1 Å². The SMILES string of the molecule is Cn1ncnc1CN1C(=O)c2ccc(I)cc2S1(=O)=O. The molecule has 1 aliphatic heterocycles. The predicted molar refractivity (Wildman–Crippen MR) is 77.2 cm³/mol. The van der Waals surface area contributed by atoms with Crippen LogP contribution in [0.5, 0.6) is 0 Å². The molecule has 1 aromatic carbocycles. The van der Waals surface area contributed by atoms with Crippen LogP contribution in [0.3, 0.4) is 0 Å². The number of carbonyl (C=O) groups is 1. The molecule has 0 aliphatic carbocycles. The number of fused-ring (bicyclic) bond motifs is 1. The zero-order valence-corrected chi connectivity index (χ0v) is 13.3. The van der Waals surface area contributed by atoms with E-state index < -0.39 is 15.9 Å². The smallest absolute Gasteiger partial charge is 0.268 e. The minimum atomic E-state index is -3.81. The Morgan fingerprint density at radius 1 is 1.35 bits per heavy atom. The minimum absolute atomic E-state index is 0.0524. The van der Waals surface area contributed by atoms with Gasteiger partial charge in [0.1, 0.15) is 17.0 Å². The summed E-state index contributed by atoms with van der Waals surface area (Å²) >= 11 is 2.01. The first-order valence-corrected chi connectivity index (χ1v) is 8.12. The van der Waals surface area contributed by atoms with E-state index in [0.717, 1.165) is 7.88 Å². The van der Waals surface area contributed by atoms with Crippen molar-refractivity contribution in [3.8, 4) is 0 Å². The van der Waals surface area contributed by atoms with E-state index in [1.807, 2.05) is 22.6 Å². The van der Waals surface area contributed by atoms with Crippen LogP contribution in [0.1, 0.15) is 16.2 Å². The van der Waals surface area contributed by atoms with E-state index >= 15 is 0 Å². The van der Waals surface area contributed by atoms with Crippen molar-refractivity contribution in [2.75, 3.05) is 0 Å². The van der Waals surface area contributed by atoms with Gasteiger partial charge in [-0.2, -0.15) is 5.10 Å². The Balaban J connectivity index is 2.08. The summed E-state index contributed by atoms with van der Waals surface area (Å²) in [5.41, 5.74) is 0.201. The fourth-order valence-electron chi connectivity index (χ4n) is 2.00. The Hall–Kier alpha value is -1.49. The summed E-state index contributed by atoms with van der Waals surface area (Å²) in [5.74, 6) is -0.121. The van der Waals surface area contributed by atoms with Crippen molar-refractivity contribution >= 4 is 38.5 Å². The molecule has 104 valence electrons. The number of carbonyl (C=O) groups excluding carboxylic acids is 1. The van der Waals surface area contributed by atoms with E-state index in [4.69, 9.17) is 0 Å². The maximum atomic E-state index is 12.4. The average Bonchev–Trinajstić information content (AvgIpc) is 2.86. The molecule has 0 fully saturated rings. The molecule has 1 amide bonds. The van der Waals surface area contributed by atoms with Crippen LogP contribution in [0.15, 0.2) is 29.4 Å². The fourth-order valence-corrected chi connectivity index (χ4v) is 4.25. The van der Waals surface area contributed by atoms with Crippen LogP contribution in [-0.4, -0.2) is 33.4 Å². The molecular formula is C11H9IN4O3S. The number of hydrogen-bond donors (Lipinski definition) is 0. The molecule has 0 saturated carbocycles. The molecule has 7 nitrogen and oxygen atoms in total. The van der Waals surface area contributed by atoms with Crippen LogP contribution in [0, 0.1) is 3.57 Å². The van der Waals surface area contributed by atoms with Gasteiger partial charge in [0, 0.05) is 10.6 Å². The van der Waals surface area contributed by atoms with Crippen molar-refractivity contribution in [2.45, 2.75) is 11.4 Å². The van der Waals surface area contributed by atoms with Gasteiger partial charge in [0.15, 0.2) is 0 Å². The number of rotatable bonds is 2. The molecule has 3 rings (SSSR count). The monoisotopic (exact) mass is 404 g/mol. The average molecular weight is 404 g/mol. The normalized spacial score (nSPS) is 16.5. The Morgan fingerprint density at radius 3 is 2.75 bits per heavy atom. The number of amides is 1. The van der Waals surface area contributed by atoms with Crippen LogP contribution in [-0.2, 0) is 23.6 Å². The molecule has 1 aliphatic rings. The summed E-state index contributed by atoms with van der Waals surface area (Å²) in [7, 11) is -2.17. The van der Waals surface area contributed by atoms with Gasteiger partial charge >= 0.3 is 0 Å². The number of aromatic nitrogens is 3. The highest BCUT2D eigenvalue weighted by atomic mass is 127. The van der Waals surface area contributed by atoms with E-state index in [0.29, 0.717) is 5.82 Å². The lowest BCUT2D eigenvalue weighted by atomic mass is 10.2. The number of benzene rings is 1. The second kappa shape index (κ2) is 4.52. The third-order valence-corrected chi connectivity index (χ3v) is 5.50. The third kappa shape index (κ3) is 1.92. The zero-order chi connectivity index (χ0) is 14.5. The van der Waals surface area contributed by atoms with Gasteiger partial charge in [0.2, 0.25) is 0 Å². The first kappa shape index (κ1) is 13.5. The van der Waals surface area contributed by atoms with Crippen molar-refractivity contribution < 1.29 is 13.2 Å². The number of sulfonamides is 1. The molecule has 1 aromatic heterocycles. The highest BCUT2D eigenvalue weighted by Crippen LogP contribution is 2.32. The molecular weight excluding hydrogens is 395 g/mol. The van der Waals surface area contributed by atoms with Crippen molar-refractivity contribution in [1.29, 1.82) is 0 Å². The molecule has 0 atom stereocenters. The lowest BCUT2D eigenvalue weighted by Crippen LogP contribution is -2.30. The zero-order valence-electron chi connectivity index (χ0n) is 10.3. The molecule has 0 N–H and O–H groups in total. The molecule has 0 bridgehead atoms. The van der Waals surface area contributed by atoms with Crippen LogP contribution in [0.25, 0.3) is 0 Å². The summed E-state index contributed by atoms with van der Waals surface area (Å²) in [5, 5.41) is 3.87. The number of nitrogens with zero attached hydrogens (tertiary/aromatic N) is 4. The first-order valence-electron chi connectivity index (χ1n) is 5.61. The largest absolute Gasteiger partial charge is 0.269 e. The first-order chi connectivity index (χ1) is 9.41. The van der Waals surface area contributed by atoms with Gasteiger partial charge in [-0.1, -0.05) is 0 Å². The highest BCUT2D eigenvalue weighted by Gasteiger charge is 2.41. The summed E-state index contributed by atoms with van der Waals surface area (Å²) in [4.78, 5) is 16.3.